The van der Waals surface area contributed by atoms with Gasteiger partial charge >= 0.3 is 0 Å². The van der Waals surface area contributed by atoms with Crippen LogP contribution in [-0.2, 0) is 35.1 Å². The highest BCUT2D eigenvalue weighted by atomic mass is 35.5. The lowest BCUT2D eigenvalue weighted by Gasteiger charge is -2.15. The van der Waals surface area contributed by atoms with Crippen molar-refractivity contribution in [2.45, 2.75) is 50.0 Å². The summed E-state index contributed by atoms with van der Waals surface area (Å²) in [6, 6.07) is 9.73. The van der Waals surface area contributed by atoms with Crippen LogP contribution >= 0.6 is 23.7 Å². The molecule has 132 valence electrons. The summed E-state index contributed by atoms with van der Waals surface area (Å²) in [4.78, 5) is 1.07. The molecular weight excluding hydrogens is 364 g/mol. The summed E-state index contributed by atoms with van der Waals surface area (Å²) in [7, 11) is -3.46. The average Bonchev–Trinajstić information content (AvgIpc) is 3.13. The molecule has 0 atom stereocenters. The van der Waals surface area contributed by atoms with Crippen LogP contribution in [0, 0.1) is 0 Å². The number of fused-ring (bicyclic) bond motifs is 1. The van der Waals surface area contributed by atoms with Gasteiger partial charge < -0.3 is 5.32 Å². The second-order valence-electron chi connectivity index (χ2n) is 6.90. The lowest BCUT2D eigenvalue weighted by Crippen LogP contribution is -2.22. The summed E-state index contributed by atoms with van der Waals surface area (Å²) in [5, 5.41) is 3.29. The molecule has 4 nitrogen and oxygen atoms in total. The minimum atomic E-state index is -3.46. The Morgan fingerprint density at radius 3 is 2.50 bits per heavy atom. The summed E-state index contributed by atoms with van der Waals surface area (Å²) in [6.45, 7) is 8.32. The fourth-order valence-electron chi connectivity index (χ4n) is 2.58. The maximum atomic E-state index is 12.5. The molecule has 1 aliphatic heterocycles. The van der Waals surface area contributed by atoms with Gasteiger partial charge in [0.05, 0.1) is 0 Å². The molecule has 0 bridgehead atoms. The fourth-order valence-corrected chi connectivity index (χ4v) is 5.00. The third-order valence-electron chi connectivity index (χ3n) is 3.95. The molecule has 1 aliphatic rings. The van der Waals surface area contributed by atoms with Gasteiger partial charge in [-0.2, -0.15) is 0 Å². The van der Waals surface area contributed by atoms with Gasteiger partial charge in [0, 0.05) is 24.5 Å². The van der Waals surface area contributed by atoms with Gasteiger partial charge in [0.15, 0.2) is 0 Å². The quantitative estimate of drug-likeness (QED) is 0.844. The van der Waals surface area contributed by atoms with Gasteiger partial charge in [-0.1, -0.05) is 39.0 Å². The number of benzene rings is 1. The van der Waals surface area contributed by atoms with E-state index in [0.717, 1.165) is 23.5 Å². The van der Waals surface area contributed by atoms with Crippen LogP contribution in [0.5, 0.6) is 0 Å². The minimum Gasteiger partial charge on any atom is -0.309 e. The lowest BCUT2D eigenvalue weighted by molar-refractivity contribution is 0.583. The average molecular weight is 387 g/mol. The fraction of sp³-hybridized carbons (Fsp3) is 0.412. The first-order valence-electron chi connectivity index (χ1n) is 7.67. The van der Waals surface area contributed by atoms with Crippen molar-refractivity contribution in [1.82, 2.24) is 10.0 Å². The van der Waals surface area contributed by atoms with E-state index in [1.165, 1.54) is 22.5 Å². The van der Waals surface area contributed by atoms with Gasteiger partial charge in [0.25, 0.3) is 0 Å². The van der Waals surface area contributed by atoms with Gasteiger partial charge in [-0.25, -0.2) is 13.1 Å². The standard InChI is InChI=1S/C17H22N2O2S2.ClH/c1-17(2,3)15-6-7-16(22-15)23(20,21)19-9-12-4-5-13-10-18-11-14(13)8-12;/h4-8,18-19H,9-11H2,1-3H3;1H. The summed E-state index contributed by atoms with van der Waals surface area (Å²) in [6.07, 6.45) is 0. The van der Waals surface area contributed by atoms with Crippen LogP contribution in [-0.4, -0.2) is 8.42 Å². The Kier molecular flexibility index (Phi) is 5.77. The predicted octanol–water partition coefficient (Wildman–Crippen LogP) is 3.55. The van der Waals surface area contributed by atoms with E-state index in [1.54, 1.807) is 6.07 Å². The summed E-state index contributed by atoms with van der Waals surface area (Å²) < 4.78 is 28.0. The van der Waals surface area contributed by atoms with Crippen LogP contribution in [0.4, 0.5) is 0 Å². The monoisotopic (exact) mass is 386 g/mol. The zero-order chi connectivity index (χ0) is 16.7. The van der Waals surface area contributed by atoms with Gasteiger partial charge in [0.2, 0.25) is 10.0 Å². The highest BCUT2D eigenvalue weighted by molar-refractivity contribution is 7.91. The van der Waals surface area contributed by atoms with E-state index in [-0.39, 0.29) is 17.8 Å². The molecule has 0 saturated heterocycles. The first kappa shape index (κ1) is 19.4. The smallest absolute Gasteiger partial charge is 0.250 e. The molecule has 0 spiro atoms. The van der Waals surface area contributed by atoms with E-state index in [9.17, 15) is 8.42 Å². The van der Waals surface area contributed by atoms with Gasteiger partial charge in [0.1, 0.15) is 4.21 Å². The Morgan fingerprint density at radius 2 is 1.83 bits per heavy atom. The Morgan fingerprint density at radius 1 is 1.12 bits per heavy atom. The highest BCUT2D eigenvalue weighted by Gasteiger charge is 2.22. The molecule has 0 amide bonds. The SMILES string of the molecule is CC(C)(C)c1ccc(S(=O)(=O)NCc2ccc3c(c2)CNC3)s1.Cl. The Bertz CT molecular complexity index is 823. The zero-order valence-electron chi connectivity index (χ0n) is 14.0. The normalized spacial score (nSPS) is 14.3. The maximum absolute atomic E-state index is 12.5. The molecule has 0 radical (unpaired) electrons. The molecule has 0 fully saturated rings. The van der Waals surface area contributed by atoms with E-state index in [2.05, 4.69) is 42.9 Å². The number of hydrogen-bond acceptors (Lipinski definition) is 4. The third-order valence-corrected chi connectivity index (χ3v) is 7.36. The zero-order valence-corrected chi connectivity index (χ0v) is 16.5. The first-order valence-corrected chi connectivity index (χ1v) is 9.97. The molecule has 0 unspecified atom stereocenters. The van der Waals surface area contributed by atoms with Crippen LogP contribution in [0.15, 0.2) is 34.5 Å². The van der Waals surface area contributed by atoms with Gasteiger partial charge in [-0.05, 0) is 34.2 Å². The maximum Gasteiger partial charge on any atom is 0.250 e. The molecule has 2 aromatic rings. The molecule has 24 heavy (non-hydrogen) atoms. The van der Waals surface area contributed by atoms with E-state index in [1.807, 2.05) is 12.1 Å². The minimum absolute atomic E-state index is 0. The molecule has 3 rings (SSSR count). The number of nitrogens with one attached hydrogen (secondary N) is 2. The van der Waals surface area contributed by atoms with Crippen LogP contribution in [0.3, 0.4) is 0 Å². The molecule has 1 aromatic heterocycles. The van der Waals surface area contributed by atoms with Gasteiger partial charge in [-0.3, -0.25) is 0 Å². The molecule has 1 aromatic carbocycles. The predicted molar refractivity (Wildman–Crippen MR) is 101 cm³/mol. The van der Waals surface area contributed by atoms with Crippen molar-refractivity contribution in [2.24, 2.45) is 0 Å². The second kappa shape index (κ2) is 7.14. The van der Waals surface area contributed by atoms with Crippen molar-refractivity contribution in [1.29, 1.82) is 0 Å². The van der Waals surface area contributed by atoms with Crippen molar-refractivity contribution in [3.63, 3.8) is 0 Å². The molecule has 0 saturated carbocycles. The van der Waals surface area contributed by atoms with Crippen LogP contribution < -0.4 is 10.0 Å². The molecule has 2 heterocycles. The third kappa shape index (κ3) is 4.18. The van der Waals surface area contributed by atoms with E-state index in [4.69, 9.17) is 0 Å². The van der Waals surface area contributed by atoms with E-state index >= 15 is 0 Å². The van der Waals surface area contributed by atoms with Crippen molar-refractivity contribution in [3.05, 3.63) is 51.9 Å². The van der Waals surface area contributed by atoms with E-state index in [0.29, 0.717) is 10.8 Å². The molecule has 0 aliphatic carbocycles. The number of halogens is 1. The summed E-state index contributed by atoms with van der Waals surface area (Å²) in [5.74, 6) is 0. The Balaban J connectivity index is 0.00000208. The highest BCUT2D eigenvalue weighted by Crippen LogP contribution is 2.31. The second-order valence-corrected chi connectivity index (χ2v) is 9.98. The number of sulfonamides is 1. The molecule has 7 heteroatoms. The van der Waals surface area contributed by atoms with Gasteiger partial charge in [-0.15, -0.1) is 23.7 Å². The molecule has 2 N–H and O–H groups in total. The lowest BCUT2D eigenvalue weighted by atomic mass is 9.95. The van der Waals surface area contributed by atoms with Crippen LogP contribution in [0.2, 0.25) is 0 Å². The van der Waals surface area contributed by atoms with Crippen molar-refractivity contribution in [2.75, 3.05) is 0 Å². The Hall–Kier alpha value is -0.920. The van der Waals surface area contributed by atoms with Crippen molar-refractivity contribution >= 4 is 33.8 Å². The molecular formula is C17H23ClN2O2S2. The van der Waals surface area contributed by atoms with Crippen LogP contribution in [0.25, 0.3) is 0 Å². The number of rotatable bonds is 4. The van der Waals surface area contributed by atoms with E-state index < -0.39 is 10.0 Å². The summed E-state index contributed by atoms with van der Waals surface area (Å²) in [5.41, 5.74) is 3.51. The topological polar surface area (TPSA) is 58.2 Å². The van der Waals surface area contributed by atoms with Crippen molar-refractivity contribution < 1.29 is 8.42 Å². The number of thiophene rings is 1. The largest absolute Gasteiger partial charge is 0.309 e. The summed E-state index contributed by atoms with van der Waals surface area (Å²) >= 11 is 1.34. The van der Waals surface area contributed by atoms with Crippen molar-refractivity contribution in [3.8, 4) is 0 Å². The first-order chi connectivity index (χ1) is 10.8. The number of hydrogen-bond donors (Lipinski definition) is 2. The van der Waals surface area contributed by atoms with Crippen LogP contribution in [0.1, 0.15) is 42.3 Å². The Labute approximate surface area is 154 Å².